The predicted octanol–water partition coefficient (Wildman–Crippen LogP) is -2.63. The summed E-state index contributed by atoms with van der Waals surface area (Å²) < 4.78 is 103. The van der Waals surface area contributed by atoms with Gasteiger partial charge in [0.2, 0.25) is 4.29 Å². The fraction of sp³-hybridized carbons (Fsp3) is 0.500. The lowest BCUT2D eigenvalue weighted by Gasteiger charge is -2.20. The summed E-state index contributed by atoms with van der Waals surface area (Å²) in [5, 5.41) is 17.2. The van der Waals surface area contributed by atoms with Crippen molar-refractivity contribution < 1.29 is 48.9 Å². The lowest BCUT2D eigenvalue weighted by Crippen LogP contribution is -2.50. The molecule has 8 nitrogen and oxygen atoms in total. The molecular weight excluding hydrogens is 222 g/mol. The van der Waals surface area contributed by atoms with Crippen LogP contribution in [0.15, 0.2) is 12.1 Å². The maximum Gasteiger partial charge on any atom is 0.328 e. The number of nitrogens with two attached hydrogens (primary N) is 1. The first kappa shape index (κ1) is 3.50. The molecule has 0 aromatic carbocycles. The number of hydrogen-bond acceptors (Lipinski definition) is 8. The highest BCUT2D eigenvalue weighted by molar-refractivity contribution is 5.89. The van der Waals surface area contributed by atoms with Gasteiger partial charge in [0.1, 0.15) is 2.82 Å². The lowest BCUT2D eigenvalue weighted by molar-refractivity contribution is -0.134. The minimum Gasteiger partial charge on any atom is -0.478 e. The van der Waals surface area contributed by atoms with Gasteiger partial charge in [0.05, 0.1) is 36.2 Å². The van der Waals surface area contributed by atoms with Crippen molar-refractivity contribution in [3.05, 3.63) is 12.1 Å². The molecule has 0 bridgehead atoms. The van der Waals surface area contributed by atoms with Crippen molar-refractivity contribution in [1.29, 1.82) is 7.16 Å². The van der Waals surface area contributed by atoms with E-state index < -0.39 is 55.0 Å². The van der Waals surface area contributed by atoms with Crippen molar-refractivity contribution in [2.75, 3.05) is 19.7 Å². The minimum atomic E-state index is -3.72. The fourth-order valence-electron chi connectivity index (χ4n) is 0.165. The van der Waals surface area contributed by atoms with Gasteiger partial charge < -0.3 is 31.3 Å². The van der Waals surface area contributed by atoms with Crippen LogP contribution in [0.1, 0.15) is 11.0 Å². The van der Waals surface area contributed by atoms with Gasteiger partial charge in [-0.15, -0.1) is 0 Å². The largest absolute Gasteiger partial charge is 0.478 e. The molecule has 0 aliphatic heterocycles. The van der Waals surface area contributed by atoms with Crippen LogP contribution in [0.5, 0.6) is 0 Å². The van der Waals surface area contributed by atoms with Gasteiger partial charge in [0, 0.05) is 12.1 Å². The molecule has 8 heteroatoms. The Hall–Kier alpha value is -1.48. The van der Waals surface area contributed by atoms with E-state index in [0.29, 0.717) is 0 Å². The lowest BCUT2D eigenvalue weighted by atomic mass is 10.1. The maximum atomic E-state index is 10.3. The topological polar surface area (TPSA) is 161 Å². The maximum absolute atomic E-state index is 10.3. The molecule has 0 saturated heterocycles. The molecule has 0 radical (unpaired) electrons. The first-order chi connectivity index (χ1) is 13.9. The van der Waals surface area contributed by atoms with E-state index in [1.807, 2.05) is 0 Å². The zero-order valence-electron chi connectivity index (χ0n) is 22.3. The number of rotatable bonds is 9. The van der Waals surface area contributed by atoms with Crippen LogP contribution in [0.4, 0.5) is 0 Å². The van der Waals surface area contributed by atoms with E-state index in [9.17, 15) is 9.59 Å². The third-order valence-corrected chi connectivity index (χ3v) is 0.710. The highest BCUT2D eigenvalue weighted by atomic mass is 16.4. The molecule has 0 rings (SSSR count). The van der Waals surface area contributed by atoms with Crippen LogP contribution in [0, 0.1) is 0 Å². The average molecular weight is 252 g/mol. The smallest absolute Gasteiger partial charge is 0.328 e. The molecule has 0 aliphatic rings. The molecule has 16 heavy (non-hydrogen) atoms. The van der Waals surface area contributed by atoms with Gasteiger partial charge in [-0.3, -0.25) is 0 Å². The van der Waals surface area contributed by atoms with E-state index in [1.54, 1.807) is 0 Å². The van der Waals surface area contributed by atoms with E-state index in [1.165, 1.54) is 0 Å². The minimum absolute atomic E-state index is 0.829. The van der Waals surface area contributed by atoms with Crippen LogP contribution in [0.25, 0.3) is 2.86 Å². The molecule has 0 aromatic heterocycles. The highest BCUT2D eigenvalue weighted by Crippen LogP contribution is 1.93. The Bertz CT molecular complexity index is 590. The van der Waals surface area contributed by atoms with Crippen molar-refractivity contribution in [2.45, 2.75) is 5.54 Å². The van der Waals surface area contributed by atoms with Crippen LogP contribution in [0.2, 0.25) is 2.82 Å². The predicted molar refractivity (Wildman–Crippen MR) is 52.6 cm³/mol. The first-order valence-corrected chi connectivity index (χ1v) is 3.15. The Balaban J connectivity index is 0. The summed E-state index contributed by atoms with van der Waals surface area (Å²) in [7, 11) is 0. The van der Waals surface area contributed by atoms with E-state index in [2.05, 4.69) is 25.5 Å². The van der Waals surface area contributed by atoms with Crippen molar-refractivity contribution in [2.24, 2.45) is 5.72 Å². The molecule has 0 spiro atoms. The number of carbonyl (C=O) groups is 2. The summed E-state index contributed by atoms with van der Waals surface area (Å²) in [5.74, 6) is -2.91. The van der Waals surface area contributed by atoms with Crippen LogP contribution in [0.3, 0.4) is 0 Å². The number of aliphatic carboxylic acids is 2. The highest BCUT2D eigenvalue weighted by Gasteiger charge is 2.20. The molecule has 7 N–H and O–H groups in total. The molecule has 0 heterocycles. The number of carboxylic acid groups (broad SMARTS) is 2. The van der Waals surface area contributed by atoms with E-state index in [-0.39, 0.29) is 0 Å². The Morgan fingerprint density at radius 1 is 1.25 bits per heavy atom. The van der Waals surface area contributed by atoms with Crippen LogP contribution >= 0.6 is 0 Å². The first-order valence-electron chi connectivity index (χ1n) is 10.1. The quantitative estimate of drug-likeness (QED) is 0.243. The second-order valence-electron chi connectivity index (χ2n) is 1.84. The summed E-state index contributed by atoms with van der Waals surface area (Å²) in [6, 6.07) is -2.25. The monoisotopic (exact) mass is 252 g/mol. The molecule has 0 unspecified atom stereocenters. The second kappa shape index (κ2) is 8.80. The molecule has 94 valence electrons. The Morgan fingerprint density at radius 3 is 1.94 bits per heavy atom. The van der Waals surface area contributed by atoms with Gasteiger partial charge in [-0.2, -0.15) is 0 Å². The summed E-state index contributed by atoms with van der Waals surface area (Å²) in [5.41, 5.74) is -4.55. The summed E-state index contributed by atoms with van der Waals surface area (Å²) in [4.78, 5) is 20.7. The molecule has 0 amide bonds. The van der Waals surface area contributed by atoms with Gasteiger partial charge in [-0.25, -0.2) is 9.59 Å². The van der Waals surface area contributed by atoms with Crippen molar-refractivity contribution >= 4 is 11.9 Å². The molecule has 0 fully saturated rings. The average Bonchev–Trinajstić information content (AvgIpc) is 2.71. The Labute approximate surface area is 113 Å². The van der Waals surface area contributed by atoms with Gasteiger partial charge >= 0.3 is 11.9 Å². The van der Waals surface area contributed by atoms with E-state index in [4.69, 9.17) is 20.9 Å². The van der Waals surface area contributed by atoms with Gasteiger partial charge in [0.15, 0.2) is 0 Å². The summed E-state index contributed by atoms with van der Waals surface area (Å²) in [6.45, 7) is -11.0. The zero-order valence-corrected chi connectivity index (χ0v) is 7.30. The summed E-state index contributed by atoms with van der Waals surface area (Å²) in [6.07, 6.45) is 0. The number of carboxylic acids is 2. The van der Waals surface area contributed by atoms with Crippen LogP contribution in [-0.2, 0) is 9.59 Å². The fourth-order valence-corrected chi connectivity index (χ4v) is 0.165. The molecule has 0 atom stereocenters. The molecule has 0 aromatic rings. The SMILES string of the molecule is [2H]OC(=O)/C([2H])=C(\[2H])C(=O)O[2H].[2H]OC([2H])([2H])C(N([2H])[2H])(C([2H])([2H])O[2H])C([2H])([2H])O[2H]. The normalized spacial score (nSPS) is 27.7. The van der Waals surface area contributed by atoms with E-state index in [0.717, 1.165) is 0 Å². The van der Waals surface area contributed by atoms with Crippen LogP contribution in [-0.4, -0.2) is 67.0 Å². The zero-order chi connectivity index (χ0) is 25.4. The van der Waals surface area contributed by atoms with Gasteiger partial charge in [-0.05, 0) is 0 Å². The number of aliphatic hydroxyl groups is 3. The third kappa shape index (κ3) is 10.6. The van der Waals surface area contributed by atoms with Crippen molar-refractivity contribution in [3.63, 3.8) is 0 Å². The van der Waals surface area contributed by atoms with Crippen LogP contribution < -0.4 is 5.72 Å². The van der Waals surface area contributed by atoms with Gasteiger partial charge in [-0.1, -0.05) is 0 Å². The summed E-state index contributed by atoms with van der Waals surface area (Å²) >= 11 is 0. The molecule has 0 aliphatic carbocycles. The number of hydrogen-bond donors (Lipinski definition) is 6. The van der Waals surface area contributed by atoms with Crippen molar-refractivity contribution in [1.82, 2.24) is 0 Å². The Kier molecular flexibility index (Phi) is 1.93. The molecule has 0 saturated carbocycles. The third-order valence-electron chi connectivity index (χ3n) is 0.710. The second-order valence-corrected chi connectivity index (χ2v) is 1.84. The van der Waals surface area contributed by atoms with Crippen molar-refractivity contribution in [3.8, 4) is 0 Å². The Morgan fingerprint density at radius 2 is 1.69 bits per heavy atom. The standard InChI is InChI=1S/C4H11NO3.C4H4O4/c5-4(1-6,2-7)3-8;5-3(6)1-2-4(7)8/h6-8H,1-3,5H2;1-2H,(H,5,6)(H,7,8)/b;2-1+/i1D2,2D2,3D2,6D,7D,8D;1D,2D/hD4. The molecular formula is C8H15NO7. The van der Waals surface area contributed by atoms with E-state index >= 15 is 0 Å². The van der Waals surface area contributed by atoms with Gasteiger partial charge in [0.25, 0.3) is 2.86 Å².